The van der Waals surface area contributed by atoms with Gasteiger partial charge in [-0.05, 0) is 24.3 Å². The molecule has 5 heteroatoms. The third-order valence-corrected chi connectivity index (χ3v) is 2.81. The van der Waals surface area contributed by atoms with E-state index in [4.69, 9.17) is 11.5 Å². The smallest absolute Gasteiger partial charge is 0.175 e. The highest BCUT2D eigenvalue weighted by Gasteiger charge is 2.16. The Labute approximate surface area is 112 Å². The quantitative estimate of drug-likeness (QED) is 0.438. The van der Waals surface area contributed by atoms with E-state index >= 15 is 0 Å². The van der Waals surface area contributed by atoms with Crippen molar-refractivity contribution in [1.82, 2.24) is 10.2 Å². The summed E-state index contributed by atoms with van der Waals surface area (Å²) in [5.41, 5.74) is 14.1. The number of nitrogens with one attached hydrogen (secondary N) is 1. The number of nitrogen functional groups attached to an aromatic ring is 1. The van der Waals surface area contributed by atoms with Crippen molar-refractivity contribution in [1.29, 1.82) is 0 Å². The lowest BCUT2D eigenvalue weighted by molar-refractivity contribution is 0.567. The molecule has 2 rings (SSSR count). The molecule has 0 atom stereocenters. The number of aromatic amines is 1. The fourth-order valence-corrected chi connectivity index (χ4v) is 1.59. The Morgan fingerprint density at radius 2 is 1.84 bits per heavy atom. The van der Waals surface area contributed by atoms with Crippen LogP contribution in [0, 0.1) is 0 Å². The molecule has 0 saturated heterocycles. The normalized spacial score (nSPS) is 12.7. The Morgan fingerprint density at radius 1 is 1.21 bits per heavy atom. The van der Waals surface area contributed by atoms with Crippen LogP contribution in [0.2, 0.25) is 0 Å². The molecule has 100 valence electrons. The first kappa shape index (κ1) is 13.1. The predicted octanol–water partition coefficient (Wildman–Crippen LogP) is 2.33. The molecule has 0 aliphatic carbocycles. The molecule has 0 spiro atoms. The molecule has 2 aromatic rings. The molecule has 0 unspecified atom stereocenters. The number of nitrogens with zero attached hydrogens (tertiary/aromatic N) is 2. The van der Waals surface area contributed by atoms with Gasteiger partial charge in [-0.2, -0.15) is 5.10 Å². The van der Waals surface area contributed by atoms with Gasteiger partial charge in [-0.3, -0.25) is 5.10 Å². The van der Waals surface area contributed by atoms with Crippen LogP contribution in [-0.4, -0.2) is 16.0 Å². The van der Waals surface area contributed by atoms with Crippen molar-refractivity contribution in [3.8, 4) is 0 Å². The van der Waals surface area contributed by atoms with Gasteiger partial charge in [-0.25, -0.2) is 4.99 Å². The van der Waals surface area contributed by atoms with Crippen LogP contribution in [0.1, 0.15) is 32.0 Å². The van der Waals surface area contributed by atoms with Gasteiger partial charge in [-0.15, -0.1) is 0 Å². The summed E-state index contributed by atoms with van der Waals surface area (Å²) >= 11 is 0. The number of amidine groups is 1. The van der Waals surface area contributed by atoms with Crippen molar-refractivity contribution in [3.05, 3.63) is 41.6 Å². The molecule has 0 fully saturated rings. The first-order valence-corrected chi connectivity index (χ1v) is 6.12. The molecule has 19 heavy (non-hydrogen) atoms. The van der Waals surface area contributed by atoms with Gasteiger partial charge in [-0.1, -0.05) is 20.8 Å². The van der Waals surface area contributed by atoms with Gasteiger partial charge in [0.25, 0.3) is 0 Å². The van der Waals surface area contributed by atoms with E-state index in [-0.39, 0.29) is 5.41 Å². The molecule has 5 N–H and O–H groups in total. The minimum absolute atomic E-state index is 0.0106. The van der Waals surface area contributed by atoms with E-state index in [0.29, 0.717) is 17.3 Å². The maximum Gasteiger partial charge on any atom is 0.175 e. The van der Waals surface area contributed by atoms with Crippen molar-refractivity contribution >= 4 is 17.3 Å². The van der Waals surface area contributed by atoms with Crippen LogP contribution in [0.3, 0.4) is 0 Å². The maximum absolute atomic E-state index is 5.95. The standard InChI is InChI=1S/C14H19N5/c1-14(2,3)11-8-12(19-18-11)17-13(16)9-4-6-10(15)7-5-9/h4-8H,15H2,1-3H3,(H3,16,17,18,19). The largest absolute Gasteiger partial charge is 0.399 e. The maximum atomic E-state index is 5.95. The first-order valence-electron chi connectivity index (χ1n) is 6.12. The summed E-state index contributed by atoms with van der Waals surface area (Å²) in [6.45, 7) is 6.33. The van der Waals surface area contributed by atoms with E-state index in [1.54, 1.807) is 12.1 Å². The van der Waals surface area contributed by atoms with Crippen molar-refractivity contribution in [2.45, 2.75) is 26.2 Å². The molecule has 5 nitrogen and oxygen atoms in total. The number of anilines is 1. The average molecular weight is 257 g/mol. The van der Waals surface area contributed by atoms with Crippen LogP contribution in [0.25, 0.3) is 0 Å². The van der Waals surface area contributed by atoms with Crippen molar-refractivity contribution in [3.63, 3.8) is 0 Å². The molecule has 0 amide bonds. The second-order valence-electron chi connectivity index (χ2n) is 5.51. The average Bonchev–Trinajstić information content (AvgIpc) is 2.78. The number of nitrogens with two attached hydrogens (primary N) is 2. The molecular weight excluding hydrogens is 238 g/mol. The monoisotopic (exact) mass is 257 g/mol. The summed E-state index contributed by atoms with van der Waals surface area (Å²) in [5, 5.41) is 7.13. The topological polar surface area (TPSA) is 93.1 Å². The fraction of sp³-hybridized carbons (Fsp3) is 0.286. The predicted molar refractivity (Wildman–Crippen MR) is 78.5 cm³/mol. The molecule has 1 heterocycles. The molecule has 1 aromatic carbocycles. The molecule has 1 aromatic heterocycles. The number of benzene rings is 1. The highest BCUT2D eigenvalue weighted by molar-refractivity contribution is 5.99. The minimum atomic E-state index is 0.0106. The van der Waals surface area contributed by atoms with Gasteiger partial charge in [0.15, 0.2) is 5.82 Å². The summed E-state index contributed by atoms with van der Waals surface area (Å²) in [5.74, 6) is 1.01. The third kappa shape index (κ3) is 3.13. The highest BCUT2D eigenvalue weighted by atomic mass is 15.2. The zero-order chi connectivity index (χ0) is 14.0. The van der Waals surface area contributed by atoms with E-state index < -0.39 is 0 Å². The summed E-state index contributed by atoms with van der Waals surface area (Å²) < 4.78 is 0. The van der Waals surface area contributed by atoms with Gasteiger partial charge < -0.3 is 11.5 Å². The Bertz CT molecular complexity index is 587. The zero-order valence-corrected chi connectivity index (χ0v) is 11.4. The number of aliphatic imine (C=N–C) groups is 1. The molecule has 0 aliphatic rings. The molecule has 0 radical (unpaired) electrons. The second-order valence-corrected chi connectivity index (χ2v) is 5.51. The highest BCUT2D eigenvalue weighted by Crippen LogP contribution is 2.23. The van der Waals surface area contributed by atoms with E-state index in [1.807, 2.05) is 18.2 Å². The summed E-state index contributed by atoms with van der Waals surface area (Å²) in [6.07, 6.45) is 0. The van der Waals surface area contributed by atoms with E-state index in [1.165, 1.54) is 0 Å². The minimum Gasteiger partial charge on any atom is -0.399 e. The fourth-order valence-electron chi connectivity index (χ4n) is 1.59. The Balaban J connectivity index is 2.26. The third-order valence-electron chi connectivity index (χ3n) is 2.81. The number of rotatable bonds is 2. The number of hydrogen-bond acceptors (Lipinski definition) is 3. The lowest BCUT2D eigenvalue weighted by Crippen LogP contribution is -2.12. The van der Waals surface area contributed by atoms with Crippen LogP contribution < -0.4 is 11.5 Å². The van der Waals surface area contributed by atoms with E-state index in [9.17, 15) is 0 Å². The first-order chi connectivity index (χ1) is 8.86. The van der Waals surface area contributed by atoms with Gasteiger partial charge in [0, 0.05) is 28.4 Å². The van der Waals surface area contributed by atoms with Gasteiger partial charge in [0.2, 0.25) is 0 Å². The van der Waals surface area contributed by atoms with Crippen molar-refractivity contribution in [2.75, 3.05) is 5.73 Å². The number of aromatic nitrogens is 2. The molecule has 0 bridgehead atoms. The summed E-state index contributed by atoms with van der Waals surface area (Å²) in [6, 6.07) is 9.17. The van der Waals surface area contributed by atoms with E-state index in [2.05, 4.69) is 36.0 Å². The van der Waals surface area contributed by atoms with Crippen LogP contribution in [-0.2, 0) is 5.41 Å². The Kier molecular flexibility index (Phi) is 3.29. The number of hydrogen-bond donors (Lipinski definition) is 3. The number of H-pyrrole nitrogens is 1. The van der Waals surface area contributed by atoms with Gasteiger partial charge >= 0.3 is 0 Å². The van der Waals surface area contributed by atoms with Gasteiger partial charge in [0.05, 0.1) is 0 Å². The lowest BCUT2D eigenvalue weighted by atomic mass is 9.92. The summed E-state index contributed by atoms with van der Waals surface area (Å²) in [4.78, 5) is 4.30. The lowest BCUT2D eigenvalue weighted by Gasteiger charge is -2.14. The van der Waals surface area contributed by atoms with Crippen molar-refractivity contribution in [2.24, 2.45) is 10.7 Å². The SMILES string of the molecule is CC(C)(C)c1cc(N=C(N)c2ccc(N)cc2)n[nH]1. The van der Waals surface area contributed by atoms with Gasteiger partial charge in [0.1, 0.15) is 5.84 Å². The zero-order valence-electron chi connectivity index (χ0n) is 11.4. The molecule has 0 saturated carbocycles. The van der Waals surface area contributed by atoms with Crippen LogP contribution >= 0.6 is 0 Å². The van der Waals surface area contributed by atoms with Crippen LogP contribution in [0.15, 0.2) is 35.3 Å². The van der Waals surface area contributed by atoms with Crippen LogP contribution in [0.4, 0.5) is 11.5 Å². The van der Waals surface area contributed by atoms with Crippen LogP contribution in [0.5, 0.6) is 0 Å². The molecular formula is C14H19N5. The Morgan fingerprint density at radius 3 is 2.37 bits per heavy atom. The van der Waals surface area contributed by atoms with E-state index in [0.717, 1.165) is 11.3 Å². The second kappa shape index (κ2) is 4.76. The Hall–Kier alpha value is -2.30. The molecule has 0 aliphatic heterocycles. The van der Waals surface area contributed by atoms with Crippen molar-refractivity contribution < 1.29 is 0 Å². The summed E-state index contributed by atoms with van der Waals surface area (Å²) in [7, 11) is 0.